The van der Waals surface area contributed by atoms with Gasteiger partial charge in [-0.2, -0.15) is 0 Å². The molecule has 2 heteroatoms. The molecule has 1 aromatic carbocycles. The third-order valence-electron chi connectivity index (χ3n) is 3.55. The number of aliphatic hydroxyl groups is 1. The summed E-state index contributed by atoms with van der Waals surface area (Å²) in [5.74, 6) is 0. The Morgan fingerprint density at radius 2 is 2.12 bits per heavy atom. The molecule has 0 radical (unpaired) electrons. The van der Waals surface area contributed by atoms with E-state index in [1.807, 2.05) is 0 Å². The van der Waals surface area contributed by atoms with Gasteiger partial charge in [0.05, 0.1) is 6.10 Å². The summed E-state index contributed by atoms with van der Waals surface area (Å²) in [4.78, 5) is 0. The Kier molecular flexibility index (Phi) is 4.57. The maximum atomic E-state index is 10.1. The summed E-state index contributed by atoms with van der Waals surface area (Å²) in [7, 11) is 0. The first-order chi connectivity index (χ1) is 8.31. The van der Waals surface area contributed by atoms with E-state index in [1.54, 1.807) is 0 Å². The number of aryl methyl sites for hydroxylation is 2. The third-order valence-corrected chi connectivity index (χ3v) is 3.55. The summed E-state index contributed by atoms with van der Waals surface area (Å²) < 4.78 is 0. The van der Waals surface area contributed by atoms with Gasteiger partial charge in [-0.3, -0.25) is 0 Å². The second kappa shape index (κ2) is 6.18. The summed E-state index contributed by atoms with van der Waals surface area (Å²) in [5.41, 5.74) is 3.98. The van der Waals surface area contributed by atoms with E-state index >= 15 is 0 Å². The monoisotopic (exact) mass is 233 g/mol. The van der Waals surface area contributed by atoms with Gasteiger partial charge < -0.3 is 10.4 Å². The van der Waals surface area contributed by atoms with Crippen LogP contribution in [0.3, 0.4) is 0 Å². The van der Waals surface area contributed by atoms with Gasteiger partial charge in [0.25, 0.3) is 0 Å². The first kappa shape index (κ1) is 12.6. The van der Waals surface area contributed by atoms with Gasteiger partial charge in [-0.1, -0.05) is 31.5 Å². The van der Waals surface area contributed by atoms with Crippen LogP contribution in [0.4, 0.5) is 0 Å². The Bertz CT molecular complexity index is 362. The van der Waals surface area contributed by atoms with Crippen LogP contribution in [0.25, 0.3) is 0 Å². The van der Waals surface area contributed by atoms with Crippen molar-refractivity contribution in [2.75, 3.05) is 13.1 Å². The zero-order valence-corrected chi connectivity index (χ0v) is 10.7. The number of fused-ring (bicyclic) bond motifs is 1. The SMILES string of the molecule is CCCCNC[C@H](O)c1ccc2c(c1)CCC2. The molecule has 0 aromatic heterocycles. The van der Waals surface area contributed by atoms with E-state index < -0.39 is 0 Å². The van der Waals surface area contributed by atoms with Crippen molar-refractivity contribution >= 4 is 0 Å². The van der Waals surface area contributed by atoms with Gasteiger partial charge in [-0.25, -0.2) is 0 Å². The summed E-state index contributed by atoms with van der Waals surface area (Å²) in [6, 6.07) is 6.46. The van der Waals surface area contributed by atoms with Crippen molar-refractivity contribution in [3.8, 4) is 0 Å². The number of benzene rings is 1. The molecule has 1 aliphatic rings. The highest BCUT2D eigenvalue weighted by molar-refractivity contribution is 5.36. The van der Waals surface area contributed by atoms with Gasteiger partial charge in [-0.15, -0.1) is 0 Å². The van der Waals surface area contributed by atoms with E-state index in [0.29, 0.717) is 6.54 Å². The molecule has 0 saturated carbocycles. The van der Waals surface area contributed by atoms with Crippen molar-refractivity contribution in [3.05, 3.63) is 34.9 Å². The van der Waals surface area contributed by atoms with Crippen molar-refractivity contribution in [2.45, 2.75) is 45.1 Å². The fraction of sp³-hybridized carbons (Fsp3) is 0.600. The summed E-state index contributed by atoms with van der Waals surface area (Å²) >= 11 is 0. The normalized spacial score (nSPS) is 15.9. The summed E-state index contributed by atoms with van der Waals surface area (Å²) in [6.45, 7) is 3.84. The van der Waals surface area contributed by atoms with E-state index in [2.05, 4.69) is 30.4 Å². The average Bonchev–Trinajstić information content (AvgIpc) is 2.81. The molecule has 1 aliphatic carbocycles. The number of rotatable bonds is 6. The lowest BCUT2D eigenvalue weighted by molar-refractivity contribution is 0.174. The Hall–Kier alpha value is -0.860. The first-order valence-electron chi connectivity index (χ1n) is 6.81. The van der Waals surface area contributed by atoms with Gasteiger partial charge in [0.15, 0.2) is 0 Å². The van der Waals surface area contributed by atoms with Crippen LogP contribution in [0.2, 0.25) is 0 Å². The molecule has 0 heterocycles. The Morgan fingerprint density at radius 3 is 2.94 bits per heavy atom. The minimum atomic E-state index is -0.363. The molecule has 17 heavy (non-hydrogen) atoms. The van der Waals surface area contributed by atoms with Crippen molar-refractivity contribution in [1.29, 1.82) is 0 Å². The highest BCUT2D eigenvalue weighted by Crippen LogP contribution is 2.25. The molecule has 0 aliphatic heterocycles. The Morgan fingerprint density at radius 1 is 1.29 bits per heavy atom. The van der Waals surface area contributed by atoms with Gasteiger partial charge in [0.1, 0.15) is 0 Å². The van der Waals surface area contributed by atoms with Crippen LogP contribution in [0.1, 0.15) is 49.0 Å². The standard InChI is InChI=1S/C15H23NO/c1-2-3-9-16-11-15(17)14-8-7-12-5-4-6-13(12)10-14/h7-8,10,15-17H,2-6,9,11H2,1H3/t15-/m0/s1. The lowest BCUT2D eigenvalue weighted by Crippen LogP contribution is -2.22. The zero-order chi connectivity index (χ0) is 12.1. The molecule has 0 amide bonds. The Labute approximate surface area is 104 Å². The minimum Gasteiger partial charge on any atom is -0.387 e. The van der Waals surface area contributed by atoms with E-state index in [-0.39, 0.29) is 6.10 Å². The van der Waals surface area contributed by atoms with E-state index in [1.165, 1.54) is 43.2 Å². The average molecular weight is 233 g/mol. The van der Waals surface area contributed by atoms with Gasteiger partial charge in [-0.05, 0) is 48.9 Å². The highest BCUT2D eigenvalue weighted by atomic mass is 16.3. The van der Waals surface area contributed by atoms with Crippen LogP contribution in [0.5, 0.6) is 0 Å². The van der Waals surface area contributed by atoms with Crippen molar-refractivity contribution < 1.29 is 5.11 Å². The third kappa shape index (κ3) is 3.30. The maximum Gasteiger partial charge on any atom is 0.0914 e. The van der Waals surface area contributed by atoms with Gasteiger partial charge in [0.2, 0.25) is 0 Å². The Balaban J connectivity index is 1.88. The molecule has 2 nitrogen and oxygen atoms in total. The lowest BCUT2D eigenvalue weighted by atomic mass is 10.0. The second-order valence-corrected chi connectivity index (χ2v) is 4.96. The number of nitrogens with one attached hydrogen (secondary N) is 1. The molecule has 1 aromatic rings. The highest BCUT2D eigenvalue weighted by Gasteiger charge is 2.13. The molecule has 0 fully saturated rings. The predicted octanol–water partition coefficient (Wildman–Crippen LogP) is 2.60. The smallest absolute Gasteiger partial charge is 0.0914 e. The van der Waals surface area contributed by atoms with Crippen molar-refractivity contribution in [2.24, 2.45) is 0 Å². The number of hydrogen-bond donors (Lipinski definition) is 2. The summed E-state index contributed by atoms with van der Waals surface area (Å²) in [5, 5.41) is 13.4. The minimum absolute atomic E-state index is 0.363. The van der Waals surface area contributed by atoms with Crippen LogP contribution in [-0.2, 0) is 12.8 Å². The van der Waals surface area contributed by atoms with Crippen molar-refractivity contribution in [3.63, 3.8) is 0 Å². The lowest BCUT2D eigenvalue weighted by Gasteiger charge is -2.13. The van der Waals surface area contributed by atoms with Crippen LogP contribution >= 0.6 is 0 Å². The van der Waals surface area contributed by atoms with E-state index in [9.17, 15) is 5.11 Å². The molecular weight excluding hydrogens is 210 g/mol. The zero-order valence-electron chi connectivity index (χ0n) is 10.7. The number of hydrogen-bond acceptors (Lipinski definition) is 2. The maximum absolute atomic E-state index is 10.1. The molecule has 0 unspecified atom stereocenters. The second-order valence-electron chi connectivity index (χ2n) is 4.96. The molecule has 0 saturated heterocycles. The van der Waals surface area contributed by atoms with Crippen LogP contribution in [-0.4, -0.2) is 18.2 Å². The molecule has 1 atom stereocenters. The van der Waals surface area contributed by atoms with E-state index in [4.69, 9.17) is 0 Å². The van der Waals surface area contributed by atoms with Crippen LogP contribution < -0.4 is 5.32 Å². The fourth-order valence-corrected chi connectivity index (χ4v) is 2.46. The largest absolute Gasteiger partial charge is 0.387 e. The van der Waals surface area contributed by atoms with Gasteiger partial charge >= 0.3 is 0 Å². The van der Waals surface area contributed by atoms with Crippen LogP contribution in [0, 0.1) is 0 Å². The van der Waals surface area contributed by atoms with E-state index in [0.717, 1.165) is 12.1 Å². The number of unbranched alkanes of at least 4 members (excludes halogenated alkanes) is 1. The molecule has 2 N–H and O–H groups in total. The quantitative estimate of drug-likeness (QED) is 0.740. The van der Waals surface area contributed by atoms with Gasteiger partial charge in [0, 0.05) is 6.54 Å². The predicted molar refractivity (Wildman–Crippen MR) is 71.2 cm³/mol. The molecular formula is C15H23NO. The van der Waals surface area contributed by atoms with Crippen LogP contribution in [0.15, 0.2) is 18.2 Å². The molecule has 0 bridgehead atoms. The number of aliphatic hydroxyl groups excluding tert-OH is 1. The fourth-order valence-electron chi connectivity index (χ4n) is 2.46. The summed E-state index contributed by atoms with van der Waals surface area (Å²) in [6.07, 6.45) is 5.67. The first-order valence-corrected chi connectivity index (χ1v) is 6.81. The molecule has 0 spiro atoms. The van der Waals surface area contributed by atoms with Crippen molar-refractivity contribution in [1.82, 2.24) is 5.32 Å². The molecule has 2 rings (SSSR count). The topological polar surface area (TPSA) is 32.3 Å². The molecule has 94 valence electrons.